The summed E-state index contributed by atoms with van der Waals surface area (Å²) in [5.74, 6) is 0.533. The van der Waals surface area contributed by atoms with Gasteiger partial charge in [-0.15, -0.1) is 0 Å². The second-order valence-electron chi connectivity index (χ2n) is 15.6. The number of carbonyl (C=O) groups is 3. The van der Waals surface area contributed by atoms with Gasteiger partial charge in [-0.1, -0.05) is 12.8 Å². The molecule has 0 spiro atoms. The second-order valence-corrected chi connectivity index (χ2v) is 15.6. The first-order valence-electron chi connectivity index (χ1n) is 19.9. The average molecular weight is 765 g/mol. The van der Waals surface area contributed by atoms with Gasteiger partial charge in [0, 0.05) is 75.5 Å². The van der Waals surface area contributed by atoms with Crippen LogP contribution in [0, 0.1) is 18.7 Å². The number of hydrogen-bond donors (Lipinski definition) is 2. The Bertz CT molecular complexity index is 2190. The highest BCUT2D eigenvalue weighted by molar-refractivity contribution is 6.05. The minimum atomic E-state index is -0.580. The zero-order chi connectivity index (χ0) is 38.9. The van der Waals surface area contributed by atoms with E-state index in [1.54, 1.807) is 29.8 Å². The molecule has 15 heteroatoms. The van der Waals surface area contributed by atoms with Crippen molar-refractivity contribution in [1.82, 2.24) is 29.7 Å². The summed E-state index contributed by atoms with van der Waals surface area (Å²) < 4.78 is 16.4. The van der Waals surface area contributed by atoms with Crippen molar-refractivity contribution in [3.8, 4) is 0 Å². The van der Waals surface area contributed by atoms with Crippen LogP contribution in [-0.2, 0) is 4.79 Å². The van der Waals surface area contributed by atoms with Crippen LogP contribution in [0.2, 0.25) is 0 Å². The van der Waals surface area contributed by atoms with Crippen LogP contribution in [0.4, 0.5) is 38.0 Å². The fourth-order valence-corrected chi connectivity index (χ4v) is 8.84. The van der Waals surface area contributed by atoms with Gasteiger partial charge in [0.2, 0.25) is 11.9 Å². The van der Waals surface area contributed by atoms with Crippen molar-refractivity contribution < 1.29 is 18.8 Å². The van der Waals surface area contributed by atoms with Crippen molar-refractivity contribution in [1.29, 1.82) is 0 Å². The summed E-state index contributed by atoms with van der Waals surface area (Å²) in [6, 6.07) is 8.33. The second kappa shape index (κ2) is 16.0. The molecule has 3 aliphatic heterocycles. The summed E-state index contributed by atoms with van der Waals surface area (Å²) >= 11 is 0. The van der Waals surface area contributed by atoms with Crippen molar-refractivity contribution in [3.05, 3.63) is 70.0 Å². The first-order valence-corrected chi connectivity index (χ1v) is 19.9. The number of nitrogens with one attached hydrogen (secondary N) is 2. The molecule has 3 saturated heterocycles. The van der Waals surface area contributed by atoms with E-state index >= 15 is 0 Å². The zero-order valence-electron chi connectivity index (χ0n) is 32.1. The molecule has 294 valence electrons. The van der Waals surface area contributed by atoms with Crippen LogP contribution < -0.4 is 30.9 Å². The first kappa shape index (κ1) is 37.5. The Kier molecular flexibility index (Phi) is 10.7. The van der Waals surface area contributed by atoms with E-state index in [9.17, 15) is 23.6 Å². The molecule has 4 aliphatic rings. The van der Waals surface area contributed by atoms with Crippen molar-refractivity contribution >= 4 is 57.6 Å². The molecule has 14 nitrogen and oxygen atoms in total. The van der Waals surface area contributed by atoms with Gasteiger partial charge in [-0.3, -0.25) is 34.1 Å². The number of rotatable bonds is 10. The van der Waals surface area contributed by atoms with Crippen LogP contribution in [0.15, 0.2) is 47.5 Å². The van der Waals surface area contributed by atoms with Crippen molar-refractivity contribution in [2.24, 2.45) is 5.92 Å². The largest absolute Gasteiger partial charge is 0.371 e. The normalized spacial score (nSPS) is 18.9. The molecule has 2 N–H and O–H groups in total. The van der Waals surface area contributed by atoms with E-state index in [1.165, 1.54) is 17.9 Å². The van der Waals surface area contributed by atoms with Crippen LogP contribution in [0.25, 0.3) is 11.0 Å². The Morgan fingerprint density at radius 2 is 1.62 bits per heavy atom. The lowest BCUT2D eigenvalue weighted by Crippen LogP contribution is -2.50. The summed E-state index contributed by atoms with van der Waals surface area (Å²) in [6.07, 6.45) is 10.8. The third-order valence-corrected chi connectivity index (χ3v) is 12.1. The Hall–Kier alpha value is -5.44. The Morgan fingerprint density at radius 3 is 2.32 bits per heavy atom. The number of imide groups is 1. The van der Waals surface area contributed by atoms with E-state index in [1.807, 2.05) is 12.3 Å². The van der Waals surface area contributed by atoms with E-state index in [0.717, 1.165) is 102 Å². The molecule has 3 amide bonds. The van der Waals surface area contributed by atoms with E-state index in [4.69, 9.17) is 4.98 Å². The molecule has 0 radical (unpaired) electrons. The van der Waals surface area contributed by atoms with Crippen LogP contribution in [0.3, 0.4) is 0 Å². The van der Waals surface area contributed by atoms with Gasteiger partial charge < -0.3 is 15.1 Å². The Labute approximate surface area is 325 Å². The number of hydrogen-bond acceptors (Lipinski definition) is 11. The standard InChI is InChI=1S/C41H49FN10O4/c1-26-32-25-44-40(47-38(32)52(29-5-3-4-6-29)39(55)37(26)27(2)53)45-35-10-8-31(24-43-35)50-21-19-48(20-22-50)15-11-28-12-16-49(17-13-28)30-7-9-33(42)34(23-30)51-18-14-36(54)46-41(51)56/h7-10,23-25,28-29H,3-6,11-22H2,1-2H3,(H,46,54,56)(H,43,44,45,47). The minimum absolute atomic E-state index is 0.0145. The number of amides is 3. The number of anilines is 5. The summed E-state index contributed by atoms with van der Waals surface area (Å²) in [6.45, 7) is 9.99. The zero-order valence-corrected chi connectivity index (χ0v) is 32.1. The molecule has 0 bridgehead atoms. The number of ketones is 1. The molecule has 8 rings (SSSR count). The average Bonchev–Trinajstić information content (AvgIpc) is 3.73. The molecule has 1 saturated carbocycles. The quantitative estimate of drug-likeness (QED) is 0.195. The van der Waals surface area contributed by atoms with E-state index in [-0.39, 0.29) is 47.5 Å². The molecule has 1 aliphatic carbocycles. The molecule has 0 unspecified atom stereocenters. The number of urea groups is 1. The molecule has 4 fully saturated rings. The maximum Gasteiger partial charge on any atom is 0.328 e. The van der Waals surface area contributed by atoms with Gasteiger partial charge in [0.05, 0.1) is 23.1 Å². The number of piperazine rings is 1. The number of benzene rings is 1. The number of aryl methyl sites for hydroxylation is 1. The number of pyridine rings is 2. The monoisotopic (exact) mass is 764 g/mol. The predicted molar refractivity (Wildman–Crippen MR) is 214 cm³/mol. The summed E-state index contributed by atoms with van der Waals surface area (Å²) in [7, 11) is 0. The Morgan fingerprint density at radius 1 is 0.893 bits per heavy atom. The highest BCUT2D eigenvalue weighted by atomic mass is 19.1. The van der Waals surface area contributed by atoms with Crippen LogP contribution in [-0.4, -0.2) is 94.5 Å². The van der Waals surface area contributed by atoms with Gasteiger partial charge in [0.15, 0.2) is 5.78 Å². The predicted octanol–water partition coefficient (Wildman–Crippen LogP) is 5.57. The van der Waals surface area contributed by atoms with Crippen LogP contribution >= 0.6 is 0 Å². The molecular weight excluding hydrogens is 716 g/mol. The van der Waals surface area contributed by atoms with Gasteiger partial charge in [-0.05, 0) is 94.3 Å². The topological polar surface area (TPSA) is 149 Å². The summed E-state index contributed by atoms with van der Waals surface area (Å²) in [5.41, 5.74) is 3.28. The third kappa shape index (κ3) is 7.68. The lowest BCUT2D eigenvalue weighted by molar-refractivity contribution is -0.120. The summed E-state index contributed by atoms with van der Waals surface area (Å²) in [4.78, 5) is 72.4. The fraction of sp³-hybridized carbons (Fsp3) is 0.488. The molecular formula is C41H49FN10O4. The fourth-order valence-electron chi connectivity index (χ4n) is 8.84. The van der Waals surface area contributed by atoms with Gasteiger partial charge in [0.1, 0.15) is 17.3 Å². The molecule has 56 heavy (non-hydrogen) atoms. The van der Waals surface area contributed by atoms with E-state index in [0.29, 0.717) is 34.3 Å². The van der Waals surface area contributed by atoms with Gasteiger partial charge >= 0.3 is 6.03 Å². The van der Waals surface area contributed by atoms with Crippen molar-refractivity contribution in [2.45, 2.75) is 71.3 Å². The highest BCUT2D eigenvalue weighted by Gasteiger charge is 2.29. The number of nitrogens with zero attached hydrogens (tertiary/aromatic N) is 8. The number of halogens is 1. The lowest BCUT2D eigenvalue weighted by atomic mass is 9.93. The number of carbonyl (C=O) groups excluding carboxylic acids is 3. The highest BCUT2D eigenvalue weighted by Crippen LogP contribution is 2.33. The van der Waals surface area contributed by atoms with Crippen molar-refractivity contribution in [2.75, 3.05) is 72.4 Å². The molecule has 4 aromatic rings. The number of aromatic nitrogens is 4. The minimum Gasteiger partial charge on any atom is -0.371 e. The van der Waals surface area contributed by atoms with Gasteiger partial charge in [0.25, 0.3) is 5.56 Å². The smallest absolute Gasteiger partial charge is 0.328 e. The van der Waals surface area contributed by atoms with Gasteiger partial charge in [-0.25, -0.2) is 19.2 Å². The first-order chi connectivity index (χ1) is 27.1. The van der Waals surface area contributed by atoms with E-state index in [2.05, 4.69) is 41.4 Å². The van der Waals surface area contributed by atoms with Crippen LogP contribution in [0.5, 0.6) is 0 Å². The Balaban J connectivity index is 0.821. The number of Topliss-reactive ketones (excluding diaryl/α,β-unsaturated/α-hetero) is 1. The van der Waals surface area contributed by atoms with Gasteiger partial charge in [-0.2, -0.15) is 4.98 Å². The number of piperidine rings is 1. The molecule has 6 heterocycles. The SMILES string of the molecule is CC(=O)c1c(C)c2cnc(Nc3ccc(N4CCN(CCC5CCN(c6ccc(F)c(N7CCC(=O)NC7=O)c6)CC5)CC4)cn3)nc2n(C2CCCC2)c1=O. The third-order valence-electron chi connectivity index (χ3n) is 12.1. The maximum absolute atomic E-state index is 14.7. The molecule has 1 aromatic carbocycles. The van der Waals surface area contributed by atoms with E-state index < -0.39 is 11.8 Å². The lowest BCUT2D eigenvalue weighted by Gasteiger charge is -2.38. The number of fused-ring (bicyclic) bond motifs is 1. The van der Waals surface area contributed by atoms with Crippen molar-refractivity contribution in [3.63, 3.8) is 0 Å². The molecule has 0 atom stereocenters. The molecule has 3 aromatic heterocycles. The van der Waals surface area contributed by atoms with Crippen LogP contribution in [0.1, 0.15) is 80.3 Å². The summed E-state index contributed by atoms with van der Waals surface area (Å²) in [5, 5.41) is 6.21. The maximum atomic E-state index is 14.7.